The third-order valence-corrected chi connectivity index (χ3v) is 2.54. The smallest absolute Gasteiger partial charge is 0.177 e. The Bertz CT molecular complexity index is 352. The molecule has 0 aromatic heterocycles. The molecule has 0 aliphatic carbocycles. The van der Waals surface area contributed by atoms with Crippen LogP contribution in [0.5, 0.6) is 0 Å². The van der Waals surface area contributed by atoms with Crippen molar-refractivity contribution >= 4 is 21.7 Å². The zero-order valence-corrected chi connectivity index (χ0v) is 8.69. The highest BCUT2D eigenvalue weighted by Gasteiger charge is 2.14. The van der Waals surface area contributed by atoms with Gasteiger partial charge in [0.05, 0.1) is 11.0 Å². The van der Waals surface area contributed by atoms with E-state index >= 15 is 0 Å². The molecule has 0 fully saturated rings. The van der Waals surface area contributed by atoms with E-state index < -0.39 is 5.82 Å². The molecular weight excluding hydrogens is 237 g/mol. The minimum atomic E-state index is -0.442. The lowest BCUT2D eigenvalue weighted by molar-refractivity contribution is 0.0999. The van der Waals surface area contributed by atoms with Crippen LogP contribution in [0.15, 0.2) is 16.6 Å². The summed E-state index contributed by atoms with van der Waals surface area (Å²) in [4.78, 5) is 11.3. The minimum absolute atomic E-state index is 0.108. The highest BCUT2D eigenvalue weighted by Crippen LogP contribution is 2.23. The summed E-state index contributed by atoms with van der Waals surface area (Å²) in [6.07, 6.45) is 0. The first-order valence-corrected chi connectivity index (χ1v) is 4.55. The van der Waals surface area contributed by atoms with Gasteiger partial charge in [-0.25, -0.2) is 4.39 Å². The maximum Gasteiger partial charge on any atom is 0.177 e. The predicted octanol–water partition coefficient (Wildman–Crippen LogP) is 2.04. The zero-order valence-electron chi connectivity index (χ0n) is 7.10. The van der Waals surface area contributed by atoms with Crippen LogP contribution in [0.1, 0.15) is 15.9 Å². The third-order valence-electron chi connectivity index (χ3n) is 1.77. The van der Waals surface area contributed by atoms with Crippen molar-refractivity contribution in [2.24, 2.45) is 5.73 Å². The highest BCUT2D eigenvalue weighted by molar-refractivity contribution is 9.10. The molecule has 13 heavy (non-hydrogen) atoms. The fourth-order valence-electron chi connectivity index (χ4n) is 1.09. The molecule has 0 aliphatic rings. The average molecular weight is 246 g/mol. The first-order valence-electron chi connectivity index (χ1n) is 3.75. The van der Waals surface area contributed by atoms with Crippen molar-refractivity contribution in [2.75, 3.05) is 6.54 Å². The van der Waals surface area contributed by atoms with Crippen LogP contribution in [-0.4, -0.2) is 12.3 Å². The van der Waals surface area contributed by atoms with Crippen molar-refractivity contribution < 1.29 is 9.18 Å². The van der Waals surface area contributed by atoms with E-state index in [4.69, 9.17) is 5.73 Å². The van der Waals surface area contributed by atoms with Gasteiger partial charge < -0.3 is 5.73 Å². The Labute approximate surface area is 84.1 Å². The Hall–Kier alpha value is -0.740. The molecule has 0 saturated carbocycles. The van der Waals surface area contributed by atoms with Gasteiger partial charge in [-0.2, -0.15) is 0 Å². The van der Waals surface area contributed by atoms with E-state index in [1.807, 2.05) is 0 Å². The molecule has 0 heterocycles. The van der Waals surface area contributed by atoms with Crippen LogP contribution in [0, 0.1) is 12.7 Å². The number of halogens is 2. The van der Waals surface area contributed by atoms with Gasteiger partial charge in [0.2, 0.25) is 0 Å². The SMILES string of the molecule is Cc1ccc(F)c(Br)c1C(=O)CN. The van der Waals surface area contributed by atoms with Gasteiger partial charge in [0, 0.05) is 5.56 Å². The molecule has 0 bridgehead atoms. The molecule has 0 atom stereocenters. The summed E-state index contributed by atoms with van der Waals surface area (Å²) in [5.41, 5.74) is 6.26. The summed E-state index contributed by atoms with van der Waals surface area (Å²) < 4.78 is 13.2. The highest BCUT2D eigenvalue weighted by atomic mass is 79.9. The van der Waals surface area contributed by atoms with Gasteiger partial charge in [-0.1, -0.05) is 6.07 Å². The van der Waals surface area contributed by atoms with E-state index in [1.54, 1.807) is 13.0 Å². The quantitative estimate of drug-likeness (QED) is 0.811. The number of hydrogen-bond donors (Lipinski definition) is 1. The maximum atomic E-state index is 13.0. The first-order chi connectivity index (χ1) is 6.07. The molecule has 0 amide bonds. The van der Waals surface area contributed by atoms with Crippen LogP contribution in [0.2, 0.25) is 0 Å². The lowest BCUT2D eigenvalue weighted by atomic mass is 10.0. The molecule has 0 spiro atoms. The number of benzene rings is 1. The number of ketones is 1. The number of aryl methyl sites for hydroxylation is 1. The molecule has 2 nitrogen and oxygen atoms in total. The fourth-order valence-corrected chi connectivity index (χ4v) is 1.76. The molecule has 0 saturated heterocycles. The summed E-state index contributed by atoms with van der Waals surface area (Å²) >= 11 is 3.02. The Morgan fingerprint density at radius 3 is 2.77 bits per heavy atom. The van der Waals surface area contributed by atoms with Crippen molar-refractivity contribution in [3.05, 3.63) is 33.5 Å². The molecule has 0 radical (unpaired) electrons. The number of Topliss-reactive ketones (excluding diaryl/α,β-unsaturated/α-hetero) is 1. The van der Waals surface area contributed by atoms with Crippen molar-refractivity contribution in [3.63, 3.8) is 0 Å². The zero-order chi connectivity index (χ0) is 10.0. The Morgan fingerprint density at radius 1 is 1.62 bits per heavy atom. The second-order valence-electron chi connectivity index (χ2n) is 2.68. The van der Waals surface area contributed by atoms with Crippen LogP contribution < -0.4 is 5.73 Å². The Morgan fingerprint density at radius 2 is 2.23 bits per heavy atom. The number of nitrogens with two attached hydrogens (primary N) is 1. The van der Waals surface area contributed by atoms with Crippen LogP contribution in [0.3, 0.4) is 0 Å². The van der Waals surface area contributed by atoms with E-state index in [0.29, 0.717) is 5.56 Å². The maximum absolute atomic E-state index is 13.0. The molecule has 1 rings (SSSR count). The van der Waals surface area contributed by atoms with Gasteiger partial charge in [0.1, 0.15) is 5.82 Å². The monoisotopic (exact) mass is 245 g/mol. The lowest BCUT2D eigenvalue weighted by Gasteiger charge is -2.06. The fraction of sp³-hybridized carbons (Fsp3) is 0.222. The van der Waals surface area contributed by atoms with E-state index in [0.717, 1.165) is 5.56 Å². The third kappa shape index (κ3) is 1.95. The number of carbonyl (C=O) groups is 1. The number of hydrogen-bond acceptors (Lipinski definition) is 2. The van der Waals surface area contributed by atoms with Gasteiger partial charge in [0.15, 0.2) is 5.78 Å². The largest absolute Gasteiger partial charge is 0.324 e. The lowest BCUT2D eigenvalue weighted by Crippen LogP contribution is -2.15. The van der Waals surface area contributed by atoms with Gasteiger partial charge in [-0.15, -0.1) is 0 Å². The van der Waals surface area contributed by atoms with Gasteiger partial charge >= 0.3 is 0 Å². The number of rotatable bonds is 2. The minimum Gasteiger partial charge on any atom is -0.324 e. The summed E-state index contributed by atoms with van der Waals surface area (Å²) in [5.74, 6) is -0.703. The molecule has 1 aromatic rings. The van der Waals surface area contributed by atoms with Crippen molar-refractivity contribution in [2.45, 2.75) is 6.92 Å². The standard InChI is InChI=1S/C9H9BrFNO/c1-5-2-3-6(11)9(10)8(5)7(13)4-12/h2-3H,4,12H2,1H3. The average Bonchev–Trinajstić information content (AvgIpc) is 2.12. The van der Waals surface area contributed by atoms with E-state index in [9.17, 15) is 9.18 Å². The van der Waals surface area contributed by atoms with Crippen molar-refractivity contribution in [3.8, 4) is 0 Å². The van der Waals surface area contributed by atoms with Crippen LogP contribution in [0.4, 0.5) is 4.39 Å². The summed E-state index contributed by atoms with van der Waals surface area (Å²) in [6, 6.07) is 2.87. The molecule has 70 valence electrons. The van der Waals surface area contributed by atoms with Crippen molar-refractivity contribution in [1.82, 2.24) is 0 Å². The normalized spacial score (nSPS) is 10.2. The van der Waals surface area contributed by atoms with Gasteiger partial charge in [-0.3, -0.25) is 4.79 Å². The van der Waals surface area contributed by atoms with E-state index in [1.165, 1.54) is 6.07 Å². The second-order valence-corrected chi connectivity index (χ2v) is 3.47. The number of carbonyl (C=O) groups excluding carboxylic acids is 1. The topological polar surface area (TPSA) is 43.1 Å². The van der Waals surface area contributed by atoms with Gasteiger partial charge in [-0.05, 0) is 34.5 Å². The van der Waals surface area contributed by atoms with Crippen LogP contribution in [0.25, 0.3) is 0 Å². The molecule has 4 heteroatoms. The van der Waals surface area contributed by atoms with Crippen molar-refractivity contribution in [1.29, 1.82) is 0 Å². The molecule has 0 unspecified atom stereocenters. The molecule has 1 aromatic carbocycles. The summed E-state index contributed by atoms with van der Waals surface area (Å²) in [5, 5.41) is 0. The van der Waals surface area contributed by atoms with Crippen LogP contribution in [-0.2, 0) is 0 Å². The molecule has 0 aliphatic heterocycles. The predicted molar refractivity (Wildman–Crippen MR) is 52.2 cm³/mol. The van der Waals surface area contributed by atoms with E-state index in [2.05, 4.69) is 15.9 Å². The molecule has 2 N–H and O–H groups in total. The summed E-state index contributed by atoms with van der Waals surface area (Å²) in [6.45, 7) is 1.63. The van der Waals surface area contributed by atoms with E-state index in [-0.39, 0.29) is 16.8 Å². The first kappa shape index (κ1) is 10.3. The molecular formula is C9H9BrFNO. The Balaban J connectivity index is 3.33. The van der Waals surface area contributed by atoms with Crippen LogP contribution >= 0.6 is 15.9 Å². The second kappa shape index (κ2) is 3.98. The summed E-state index contributed by atoms with van der Waals surface area (Å²) in [7, 11) is 0. The van der Waals surface area contributed by atoms with Gasteiger partial charge in [0.25, 0.3) is 0 Å². The Kier molecular flexibility index (Phi) is 3.17.